The van der Waals surface area contributed by atoms with Crippen molar-refractivity contribution in [2.45, 2.75) is 26.0 Å². The minimum atomic E-state index is -1.10. The Morgan fingerprint density at radius 2 is 2.00 bits per heavy atom. The van der Waals surface area contributed by atoms with Crippen LogP contribution in [0.3, 0.4) is 0 Å². The van der Waals surface area contributed by atoms with E-state index in [1.165, 1.54) is 28.4 Å². The third kappa shape index (κ3) is 3.65. The lowest BCUT2D eigenvalue weighted by atomic mass is 10.0. The van der Waals surface area contributed by atoms with E-state index in [2.05, 4.69) is 4.98 Å². The Labute approximate surface area is 181 Å². The largest absolute Gasteiger partial charge is 0.476 e. The van der Waals surface area contributed by atoms with Gasteiger partial charge in [0.2, 0.25) is 0 Å². The van der Waals surface area contributed by atoms with E-state index in [-0.39, 0.29) is 18.0 Å². The SMILES string of the molecule is CC1(C)Oc2ccc(C(=O)NO)cc2N(Cc2nc(-c3ccccc3)sc2Cl)C1=O. The van der Waals surface area contributed by atoms with Crippen molar-refractivity contribution in [1.82, 2.24) is 10.5 Å². The first-order chi connectivity index (χ1) is 14.3. The number of anilines is 1. The first-order valence-corrected chi connectivity index (χ1v) is 10.3. The number of hydrogen-bond donors (Lipinski definition) is 2. The van der Waals surface area contributed by atoms with E-state index >= 15 is 0 Å². The summed E-state index contributed by atoms with van der Waals surface area (Å²) in [6.07, 6.45) is 0. The first kappa shape index (κ1) is 20.3. The fourth-order valence-electron chi connectivity index (χ4n) is 3.21. The summed E-state index contributed by atoms with van der Waals surface area (Å²) in [5.41, 5.74) is 2.58. The molecule has 4 rings (SSSR count). The molecule has 9 heteroatoms. The number of halogens is 1. The van der Waals surface area contributed by atoms with E-state index in [4.69, 9.17) is 21.5 Å². The summed E-state index contributed by atoms with van der Waals surface area (Å²) in [5, 5.41) is 9.69. The molecule has 7 nitrogen and oxygen atoms in total. The molecule has 0 radical (unpaired) electrons. The van der Waals surface area contributed by atoms with Crippen LogP contribution in [0.2, 0.25) is 4.34 Å². The lowest BCUT2D eigenvalue weighted by molar-refractivity contribution is -0.132. The number of carbonyl (C=O) groups is 2. The summed E-state index contributed by atoms with van der Waals surface area (Å²) >= 11 is 7.79. The predicted molar refractivity (Wildman–Crippen MR) is 114 cm³/mol. The zero-order chi connectivity index (χ0) is 21.5. The molecule has 1 aliphatic rings. The molecule has 1 aliphatic heterocycles. The molecule has 154 valence electrons. The molecule has 2 amide bonds. The lowest BCUT2D eigenvalue weighted by Gasteiger charge is -2.38. The summed E-state index contributed by atoms with van der Waals surface area (Å²) in [4.78, 5) is 31.1. The van der Waals surface area contributed by atoms with Crippen LogP contribution in [-0.4, -0.2) is 27.6 Å². The normalized spacial score (nSPS) is 14.8. The van der Waals surface area contributed by atoms with Crippen molar-refractivity contribution >= 4 is 40.4 Å². The van der Waals surface area contributed by atoms with Gasteiger partial charge >= 0.3 is 0 Å². The molecule has 0 unspecified atom stereocenters. The van der Waals surface area contributed by atoms with Gasteiger partial charge in [0.1, 0.15) is 15.1 Å². The van der Waals surface area contributed by atoms with E-state index in [9.17, 15) is 9.59 Å². The number of amides is 2. The van der Waals surface area contributed by atoms with Gasteiger partial charge in [0, 0.05) is 11.1 Å². The van der Waals surface area contributed by atoms with Gasteiger partial charge in [0.05, 0.1) is 17.9 Å². The molecule has 0 bridgehead atoms. The van der Waals surface area contributed by atoms with Crippen molar-refractivity contribution in [3.63, 3.8) is 0 Å². The van der Waals surface area contributed by atoms with E-state index in [1.807, 2.05) is 30.3 Å². The number of hydrogen-bond acceptors (Lipinski definition) is 6. The monoisotopic (exact) mass is 443 g/mol. The van der Waals surface area contributed by atoms with Crippen LogP contribution in [0.4, 0.5) is 5.69 Å². The van der Waals surface area contributed by atoms with Crippen molar-refractivity contribution in [2.75, 3.05) is 4.90 Å². The van der Waals surface area contributed by atoms with Gasteiger partial charge in [-0.3, -0.25) is 19.7 Å². The van der Waals surface area contributed by atoms with Crippen molar-refractivity contribution in [3.05, 3.63) is 64.1 Å². The molecule has 30 heavy (non-hydrogen) atoms. The quantitative estimate of drug-likeness (QED) is 0.463. The number of hydroxylamine groups is 1. The zero-order valence-corrected chi connectivity index (χ0v) is 17.8. The fourth-order valence-corrected chi connectivity index (χ4v) is 4.34. The van der Waals surface area contributed by atoms with Crippen LogP contribution in [0.5, 0.6) is 5.75 Å². The molecule has 0 fully saturated rings. The van der Waals surface area contributed by atoms with Crippen molar-refractivity contribution < 1.29 is 19.5 Å². The molecule has 0 aliphatic carbocycles. The maximum atomic E-state index is 13.1. The Morgan fingerprint density at radius 3 is 2.70 bits per heavy atom. The Balaban J connectivity index is 1.74. The smallest absolute Gasteiger partial charge is 0.274 e. The van der Waals surface area contributed by atoms with Crippen LogP contribution in [0.25, 0.3) is 10.6 Å². The van der Waals surface area contributed by atoms with Crippen LogP contribution >= 0.6 is 22.9 Å². The van der Waals surface area contributed by atoms with Gasteiger partial charge in [0.15, 0.2) is 5.60 Å². The highest BCUT2D eigenvalue weighted by molar-refractivity contribution is 7.19. The van der Waals surface area contributed by atoms with Gasteiger partial charge in [-0.25, -0.2) is 10.5 Å². The third-order valence-electron chi connectivity index (χ3n) is 4.72. The number of carbonyl (C=O) groups excluding carboxylic acids is 2. The van der Waals surface area contributed by atoms with Crippen LogP contribution < -0.4 is 15.1 Å². The number of nitrogens with one attached hydrogen (secondary N) is 1. The van der Waals surface area contributed by atoms with E-state index < -0.39 is 11.5 Å². The van der Waals surface area contributed by atoms with Gasteiger partial charge in [-0.15, -0.1) is 11.3 Å². The van der Waals surface area contributed by atoms with E-state index in [0.717, 1.165) is 10.6 Å². The molecule has 1 aromatic heterocycles. The topological polar surface area (TPSA) is 91.8 Å². The standard InChI is InChI=1S/C21H18ClN3O4S/c1-21(2)20(27)25(15-10-13(18(26)24-28)8-9-16(15)29-21)11-14-17(22)30-19(23-14)12-6-4-3-5-7-12/h3-10,28H,11H2,1-2H3,(H,24,26). The molecular weight excluding hydrogens is 426 g/mol. The average Bonchev–Trinajstić information content (AvgIpc) is 3.11. The number of nitrogens with zero attached hydrogens (tertiary/aromatic N) is 2. The molecule has 0 atom stereocenters. The molecule has 0 saturated carbocycles. The van der Waals surface area contributed by atoms with E-state index in [1.54, 1.807) is 25.4 Å². The Morgan fingerprint density at radius 1 is 1.27 bits per heavy atom. The number of benzene rings is 2. The van der Waals surface area contributed by atoms with Gasteiger partial charge in [0.25, 0.3) is 11.8 Å². The maximum absolute atomic E-state index is 13.1. The Bertz CT molecular complexity index is 1130. The second-order valence-electron chi connectivity index (χ2n) is 7.23. The molecule has 0 spiro atoms. The summed E-state index contributed by atoms with van der Waals surface area (Å²) in [6.45, 7) is 3.47. The summed E-state index contributed by atoms with van der Waals surface area (Å²) in [6, 6.07) is 14.2. The molecule has 2 aromatic carbocycles. The number of ether oxygens (including phenoxy) is 1. The molecule has 2 heterocycles. The summed E-state index contributed by atoms with van der Waals surface area (Å²) in [7, 11) is 0. The van der Waals surface area contributed by atoms with Crippen molar-refractivity contribution in [3.8, 4) is 16.3 Å². The fraction of sp³-hybridized carbons (Fsp3) is 0.190. The molecule has 0 saturated heterocycles. The van der Waals surface area contributed by atoms with Gasteiger partial charge in [-0.1, -0.05) is 41.9 Å². The van der Waals surface area contributed by atoms with Crippen molar-refractivity contribution in [1.29, 1.82) is 0 Å². The number of thiazole rings is 1. The minimum Gasteiger partial charge on any atom is -0.476 e. The second-order valence-corrected chi connectivity index (χ2v) is 8.83. The first-order valence-electron chi connectivity index (χ1n) is 9.10. The Hall–Kier alpha value is -2.94. The lowest BCUT2D eigenvalue weighted by Crippen LogP contribution is -2.52. The third-order valence-corrected chi connectivity index (χ3v) is 6.10. The maximum Gasteiger partial charge on any atom is 0.274 e. The second kappa shape index (κ2) is 7.71. The van der Waals surface area contributed by atoms with Crippen LogP contribution in [-0.2, 0) is 11.3 Å². The number of rotatable bonds is 4. The number of aromatic nitrogens is 1. The number of fused-ring (bicyclic) bond motifs is 1. The van der Waals surface area contributed by atoms with Gasteiger partial charge < -0.3 is 4.74 Å². The Kier molecular flexibility index (Phi) is 5.23. The minimum absolute atomic E-state index is 0.116. The van der Waals surface area contributed by atoms with Crippen molar-refractivity contribution in [2.24, 2.45) is 0 Å². The van der Waals surface area contributed by atoms with Gasteiger partial charge in [-0.2, -0.15) is 0 Å². The molecule has 3 aromatic rings. The average molecular weight is 444 g/mol. The summed E-state index contributed by atoms with van der Waals surface area (Å²) in [5.74, 6) is -0.529. The predicted octanol–water partition coefficient (Wildman–Crippen LogP) is 4.29. The highest BCUT2D eigenvalue weighted by Gasteiger charge is 2.41. The van der Waals surface area contributed by atoms with Crippen LogP contribution in [0.1, 0.15) is 29.9 Å². The molecule has 2 N–H and O–H groups in total. The summed E-state index contributed by atoms with van der Waals surface area (Å²) < 4.78 is 6.32. The van der Waals surface area contributed by atoms with E-state index in [0.29, 0.717) is 21.5 Å². The van der Waals surface area contributed by atoms with Crippen LogP contribution in [0.15, 0.2) is 48.5 Å². The van der Waals surface area contributed by atoms with Gasteiger partial charge in [-0.05, 0) is 32.0 Å². The highest BCUT2D eigenvalue weighted by atomic mass is 35.5. The zero-order valence-electron chi connectivity index (χ0n) is 16.2. The van der Waals surface area contributed by atoms with Crippen LogP contribution in [0, 0.1) is 0 Å². The molecular formula is C21H18ClN3O4S. The highest BCUT2D eigenvalue weighted by Crippen LogP contribution is 2.41.